The molecule has 2 heterocycles. The summed E-state index contributed by atoms with van der Waals surface area (Å²) in [5, 5.41) is 5.20. The summed E-state index contributed by atoms with van der Waals surface area (Å²) < 4.78 is 5.03. The summed E-state index contributed by atoms with van der Waals surface area (Å²) in [6.45, 7) is 0. The van der Waals surface area contributed by atoms with Gasteiger partial charge >= 0.3 is 0 Å². The van der Waals surface area contributed by atoms with Gasteiger partial charge in [0.05, 0.1) is 11.0 Å². The van der Waals surface area contributed by atoms with Crippen LogP contribution in [0.2, 0.25) is 0 Å². The van der Waals surface area contributed by atoms with Gasteiger partial charge in [-0.1, -0.05) is 91.0 Å². The van der Waals surface area contributed by atoms with Crippen LogP contribution in [0.4, 0.5) is 17.1 Å². The van der Waals surface area contributed by atoms with Gasteiger partial charge in [0.25, 0.3) is 0 Å². The molecule has 2 aromatic heterocycles. The number of rotatable bonds is 5. The van der Waals surface area contributed by atoms with Crippen LogP contribution in [0.15, 0.2) is 170 Å². The smallest absolute Gasteiger partial charge is 0.0541 e. The molecule has 0 fully saturated rings. The number of aromatic nitrogens is 1. The molecule has 0 saturated carbocycles. The van der Waals surface area contributed by atoms with E-state index >= 15 is 0 Å². The Hall–Kier alpha value is -5.64. The van der Waals surface area contributed by atoms with Gasteiger partial charge in [-0.15, -0.1) is 11.3 Å². The van der Waals surface area contributed by atoms with Crippen molar-refractivity contribution in [2.24, 2.45) is 0 Å². The van der Waals surface area contributed by atoms with Gasteiger partial charge in [0.2, 0.25) is 0 Å². The minimum atomic E-state index is 1.12. The average Bonchev–Trinajstić information content (AvgIpc) is 3.65. The van der Waals surface area contributed by atoms with Crippen molar-refractivity contribution in [2.45, 2.75) is 0 Å². The first-order valence-electron chi connectivity index (χ1n) is 15.3. The van der Waals surface area contributed by atoms with Crippen molar-refractivity contribution in [1.29, 1.82) is 0 Å². The highest BCUT2D eigenvalue weighted by molar-refractivity contribution is 7.25. The molecular formula is C42H28N2S. The molecule has 0 unspecified atom stereocenters. The average molecular weight is 593 g/mol. The Kier molecular flexibility index (Phi) is 6.03. The third-order valence-electron chi connectivity index (χ3n) is 8.80. The van der Waals surface area contributed by atoms with Crippen molar-refractivity contribution in [1.82, 2.24) is 4.57 Å². The maximum absolute atomic E-state index is 2.36. The Labute approximate surface area is 265 Å². The van der Waals surface area contributed by atoms with Crippen molar-refractivity contribution in [3.63, 3.8) is 0 Å². The lowest BCUT2D eigenvalue weighted by Gasteiger charge is -2.26. The van der Waals surface area contributed by atoms with Crippen molar-refractivity contribution in [2.75, 3.05) is 4.90 Å². The maximum atomic E-state index is 2.36. The van der Waals surface area contributed by atoms with E-state index in [1.807, 2.05) is 11.3 Å². The van der Waals surface area contributed by atoms with Crippen LogP contribution in [0, 0.1) is 0 Å². The second-order valence-corrected chi connectivity index (χ2v) is 12.5. The Balaban J connectivity index is 1.11. The molecule has 9 aromatic rings. The van der Waals surface area contributed by atoms with Crippen molar-refractivity contribution in [3.05, 3.63) is 170 Å². The van der Waals surface area contributed by atoms with Crippen LogP contribution in [-0.4, -0.2) is 4.57 Å². The third-order valence-corrected chi connectivity index (χ3v) is 9.95. The fourth-order valence-electron chi connectivity index (χ4n) is 6.68. The number of benzene rings is 7. The topological polar surface area (TPSA) is 8.17 Å². The van der Waals surface area contributed by atoms with E-state index in [0.29, 0.717) is 0 Å². The van der Waals surface area contributed by atoms with Crippen LogP contribution >= 0.6 is 11.3 Å². The molecule has 0 radical (unpaired) electrons. The predicted molar refractivity (Wildman–Crippen MR) is 194 cm³/mol. The van der Waals surface area contributed by atoms with Crippen LogP contribution in [0.5, 0.6) is 0 Å². The van der Waals surface area contributed by atoms with Crippen LogP contribution in [0.3, 0.4) is 0 Å². The Morgan fingerprint density at radius 3 is 1.58 bits per heavy atom. The maximum Gasteiger partial charge on any atom is 0.0541 e. The quantitative estimate of drug-likeness (QED) is 0.193. The summed E-state index contributed by atoms with van der Waals surface area (Å²) in [7, 11) is 0. The van der Waals surface area contributed by atoms with Gasteiger partial charge in [-0.25, -0.2) is 0 Å². The summed E-state index contributed by atoms with van der Waals surface area (Å²) >= 11 is 1.86. The second kappa shape index (κ2) is 10.5. The highest BCUT2D eigenvalue weighted by Crippen LogP contribution is 2.39. The molecule has 0 aliphatic rings. The Bertz CT molecular complexity index is 2420. The largest absolute Gasteiger partial charge is 0.311 e. The summed E-state index contributed by atoms with van der Waals surface area (Å²) in [6, 6.07) is 61.4. The molecule has 212 valence electrons. The van der Waals surface area contributed by atoms with E-state index in [-0.39, 0.29) is 0 Å². The van der Waals surface area contributed by atoms with E-state index in [4.69, 9.17) is 0 Å². The molecule has 0 saturated heterocycles. The normalized spacial score (nSPS) is 11.6. The predicted octanol–water partition coefficient (Wildman–Crippen LogP) is 12.3. The summed E-state index contributed by atoms with van der Waals surface area (Å²) in [6.07, 6.45) is 0. The summed E-state index contributed by atoms with van der Waals surface area (Å²) in [5.41, 5.74) is 9.40. The first kappa shape index (κ1) is 25.8. The van der Waals surface area contributed by atoms with Crippen LogP contribution in [0.1, 0.15) is 0 Å². The minimum Gasteiger partial charge on any atom is -0.311 e. The standard InChI is InChI=1S/C42H28N2S/c1-2-10-31(11-3-1)43(32-21-18-29(19-22-32)30-20-27-42-38(28-30)37-14-6-9-17-41(37)45-42)33-23-25-34(26-24-33)44-39-15-7-4-12-35(39)36-13-5-8-16-40(36)44/h1-28H. The molecule has 0 amide bonds. The zero-order valence-electron chi connectivity index (χ0n) is 24.5. The second-order valence-electron chi connectivity index (χ2n) is 11.4. The van der Waals surface area contributed by atoms with Gasteiger partial charge in [-0.2, -0.15) is 0 Å². The number of thiophene rings is 1. The van der Waals surface area contributed by atoms with E-state index < -0.39 is 0 Å². The Morgan fingerprint density at radius 1 is 0.378 bits per heavy atom. The number of fused-ring (bicyclic) bond motifs is 6. The lowest BCUT2D eigenvalue weighted by molar-refractivity contribution is 1.17. The van der Waals surface area contributed by atoms with Gasteiger partial charge < -0.3 is 9.47 Å². The molecule has 45 heavy (non-hydrogen) atoms. The molecule has 0 aliphatic carbocycles. The molecule has 0 aliphatic heterocycles. The van der Waals surface area contributed by atoms with Gasteiger partial charge in [0.15, 0.2) is 0 Å². The van der Waals surface area contributed by atoms with Gasteiger partial charge in [-0.3, -0.25) is 0 Å². The fourth-order valence-corrected chi connectivity index (χ4v) is 7.77. The number of nitrogens with zero attached hydrogens (tertiary/aromatic N) is 2. The van der Waals surface area contributed by atoms with Crippen molar-refractivity contribution in [3.8, 4) is 16.8 Å². The van der Waals surface area contributed by atoms with Crippen LogP contribution in [-0.2, 0) is 0 Å². The summed E-state index contributed by atoms with van der Waals surface area (Å²) in [4.78, 5) is 2.33. The Morgan fingerprint density at radius 2 is 0.889 bits per heavy atom. The number of anilines is 3. The zero-order valence-corrected chi connectivity index (χ0v) is 25.3. The molecule has 0 atom stereocenters. The molecule has 9 rings (SSSR count). The fraction of sp³-hybridized carbons (Fsp3) is 0. The number of hydrogen-bond donors (Lipinski definition) is 0. The number of para-hydroxylation sites is 3. The first-order chi connectivity index (χ1) is 22.3. The summed E-state index contributed by atoms with van der Waals surface area (Å²) in [5.74, 6) is 0. The molecule has 0 spiro atoms. The van der Waals surface area contributed by atoms with E-state index in [9.17, 15) is 0 Å². The third kappa shape index (κ3) is 4.32. The lowest BCUT2D eigenvalue weighted by atomic mass is 10.0. The highest BCUT2D eigenvalue weighted by atomic mass is 32.1. The molecule has 3 heteroatoms. The molecule has 2 nitrogen and oxygen atoms in total. The monoisotopic (exact) mass is 592 g/mol. The van der Waals surface area contributed by atoms with Gasteiger partial charge in [-0.05, 0) is 90.0 Å². The van der Waals surface area contributed by atoms with Crippen LogP contribution in [0.25, 0.3) is 58.8 Å². The van der Waals surface area contributed by atoms with E-state index in [2.05, 4.69) is 179 Å². The molecular weight excluding hydrogens is 565 g/mol. The number of hydrogen-bond acceptors (Lipinski definition) is 2. The van der Waals surface area contributed by atoms with Crippen molar-refractivity contribution < 1.29 is 0 Å². The van der Waals surface area contributed by atoms with Crippen LogP contribution < -0.4 is 4.90 Å². The molecule has 0 N–H and O–H groups in total. The molecule has 7 aromatic carbocycles. The minimum absolute atomic E-state index is 1.12. The molecule has 0 bridgehead atoms. The van der Waals surface area contributed by atoms with E-state index in [1.54, 1.807) is 0 Å². The van der Waals surface area contributed by atoms with E-state index in [0.717, 1.165) is 22.7 Å². The van der Waals surface area contributed by atoms with E-state index in [1.165, 1.54) is 53.1 Å². The van der Waals surface area contributed by atoms with Gasteiger partial charge in [0, 0.05) is 53.7 Å². The lowest BCUT2D eigenvalue weighted by Crippen LogP contribution is -2.10. The SMILES string of the molecule is c1ccc(N(c2ccc(-c3ccc4sc5ccccc5c4c3)cc2)c2ccc(-n3c4ccccc4c4ccccc43)cc2)cc1. The van der Waals surface area contributed by atoms with Crippen molar-refractivity contribution >= 4 is 70.4 Å². The zero-order chi connectivity index (χ0) is 29.7. The first-order valence-corrected chi connectivity index (χ1v) is 16.1. The highest BCUT2D eigenvalue weighted by Gasteiger charge is 2.15. The van der Waals surface area contributed by atoms with Gasteiger partial charge in [0.1, 0.15) is 0 Å².